The normalized spacial score (nSPS) is 18.9. The summed E-state index contributed by atoms with van der Waals surface area (Å²) in [6.07, 6.45) is 1.64. The molecule has 9 heteroatoms. The van der Waals surface area contributed by atoms with E-state index in [-0.39, 0.29) is 17.1 Å². The Labute approximate surface area is 166 Å². The van der Waals surface area contributed by atoms with E-state index < -0.39 is 21.8 Å². The predicted octanol–water partition coefficient (Wildman–Crippen LogP) is 3.46. The number of nitrogens with one attached hydrogen (secondary N) is 1. The van der Waals surface area contributed by atoms with Crippen LogP contribution in [-0.4, -0.2) is 31.9 Å². The molecule has 0 spiro atoms. The Morgan fingerprint density at radius 1 is 1.30 bits per heavy atom. The number of amides is 1. The molecule has 27 heavy (non-hydrogen) atoms. The van der Waals surface area contributed by atoms with Gasteiger partial charge >= 0.3 is 0 Å². The molecule has 1 amide bonds. The van der Waals surface area contributed by atoms with Gasteiger partial charge in [0.05, 0.1) is 16.5 Å². The number of nitrogens with zero attached hydrogens (tertiary/aromatic N) is 1. The van der Waals surface area contributed by atoms with Gasteiger partial charge in [-0.15, -0.1) is 0 Å². The topological polar surface area (TPSA) is 100 Å². The second kappa shape index (κ2) is 7.77. The van der Waals surface area contributed by atoms with Crippen LogP contribution < -0.4 is 5.32 Å². The van der Waals surface area contributed by atoms with Crippen molar-refractivity contribution in [2.24, 2.45) is 0 Å². The van der Waals surface area contributed by atoms with E-state index in [2.05, 4.69) is 5.32 Å². The molecule has 1 atom stereocenters. The van der Waals surface area contributed by atoms with Crippen LogP contribution in [0, 0.1) is 11.3 Å². The van der Waals surface area contributed by atoms with E-state index in [1.54, 1.807) is 30.3 Å². The van der Waals surface area contributed by atoms with Gasteiger partial charge in [-0.2, -0.15) is 5.26 Å². The molecule has 0 bridgehead atoms. The second-order valence-corrected chi connectivity index (χ2v) is 9.14. The molecule has 2 aromatic rings. The van der Waals surface area contributed by atoms with E-state index >= 15 is 0 Å². The van der Waals surface area contributed by atoms with Gasteiger partial charge in [0.25, 0.3) is 5.91 Å². The van der Waals surface area contributed by atoms with E-state index in [1.807, 2.05) is 6.07 Å². The number of benzene rings is 1. The third-order valence-electron chi connectivity index (χ3n) is 4.04. The minimum absolute atomic E-state index is 0.0347. The highest BCUT2D eigenvalue weighted by Gasteiger charge is 2.29. The van der Waals surface area contributed by atoms with Crippen LogP contribution in [0.4, 0.5) is 0 Å². The Morgan fingerprint density at radius 2 is 2.07 bits per heavy atom. The molecule has 0 aliphatic carbocycles. The minimum Gasteiger partial charge on any atom is -0.457 e. The molecule has 0 saturated carbocycles. The first-order valence-electron chi connectivity index (χ1n) is 7.96. The molecule has 1 unspecified atom stereocenters. The Kier molecular flexibility index (Phi) is 5.61. The lowest BCUT2D eigenvalue weighted by Crippen LogP contribution is -2.36. The van der Waals surface area contributed by atoms with Crippen molar-refractivity contribution in [2.75, 3.05) is 11.5 Å². The maximum Gasteiger partial charge on any atom is 0.262 e. The maximum absolute atomic E-state index is 12.2. The molecule has 1 fully saturated rings. The molecule has 1 N–H and O–H groups in total. The molecule has 6 nitrogen and oxygen atoms in total. The summed E-state index contributed by atoms with van der Waals surface area (Å²) in [5, 5.41) is 12.7. The molecule has 1 aromatic heterocycles. The third-order valence-corrected chi connectivity index (χ3v) is 6.36. The summed E-state index contributed by atoms with van der Waals surface area (Å²) >= 11 is 12.0. The zero-order valence-electron chi connectivity index (χ0n) is 13.9. The van der Waals surface area contributed by atoms with Crippen molar-refractivity contribution in [1.82, 2.24) is 5.32 Å². The Balaban J connectivity index is 1.77. The number of carbonyl (C=O) groups is 1. The zero-order valence-corrected chi connectivity index (χ0v) is 16.2. The van der Waals surface area contributed by atoms with Crippen LogP contribution in [0.2, 0.25) is 10.0 Å². The Morgan fingerprint density at radius 3 is 2.70 bits per heavy atom. The van der Waals surface area contributed by atoms with Crippen molar-refractivity contribution in [1.29, 1.82) is 5.26 Å². The zero-order chi connectivity index (χ0) is 19.6. The van der Waals surface area contributed by atoms with Crippen molar-refractivity contribution in [2.45, 2.75) is 12.5 Å². The van der Waals surface area contributed by atoms with Gasteiger partial charge in [-0.05, 0) is 36.8 Å². The van der Waals surface area contributed by atoms with Crippen LogP contribution in [0.5, 0.6) is 0 Å². The van der Waals surface area contributed by atoms with Gasteiger partial charge in [0.1, 0.15) is 23.2 Å². The molecule has 140 valence electrons. The predicted molar refractivity (Wildman–Crippen MR) is 103 cm³/mol. The summed E-state index contributed by atoms with van der Waals surface area (Å²) < 4.78 is 28.6. The van der Waals surface area contributed by atoms with Crippen LogP contribution >= 0.6 is 23.2 Å². The molecule has 1 aliphatic heterocycles. The number of sulfone groups is 1. The number of furan rings is 1. The number of hydrogen-bond acceptors (Lipinski definition) is 5. The third kappa shape index (κ3) is 4.72. The first-order valence-corrected chi connectivity index (χ1v) is 10.5. The quantitative estimate of drug-likeness (QED) is 0.597. The van der Waals surface area contributed by atoms with Crippen LogP contribution in [0.3, 0.4) is 0 Å². The summed E-state index contributed by atoms with van der Waals surface area (Å²) in [5.74, 6) is 0.0380. The Hall–Kier alpha value is -2.27. The molecular weight excluding hydrogens is 411 g/mol. The highest BCUT2D eigenvalue weighted by Crippen LogP contribution is 2.32. The highest BCUT2D eigenvalue weighted by molar-refractivity contribution is 7.91. The number of rotatable bonds is 4. The number of hydrogen-bond donors (Lipinski definition) is 1. The number of carbonyl (C=O) groups excluding carboxylic acids is 1. The molecule has 0 radical (unpaired) electrons. The van der Waals surface area contributed by atoms with E-state index in [9.17, 15) is 18.5 Å². The first-order chi connectivity index (χ1) is 12.8. The number of halogens is 2. The Bertz CT molecular complexity index is 1070. The lowest BCUT2D eigenvalue weighted by Gasteiger charge is -2.09. The van der Waals surface area contributed by atoms with E-state index in [0.717, 1.165) is 0 Å². The highest BCUT2D eigenvalue weighted by atomic mass is 35.5. The van der Waals surface area contributed by atoms with Crippen molar-refractivity contribution < 1.29 is 17.6 Å². The molecule has 1 aliphatic rings. The van der Waals surface area contributed by atoms with Gasteiger partial charge < -0.3 is 9.73 Å². The summed E-state index contributed by atoms with van der Waals surface area (Å²) in [5.41, 5.74) is 0.447. The summed E-state index contributed by atoms with van der Waals surface area (Å²) in [7, 11) is -3.12. The summed E-state index contributed by atoms with van der Waals surface area (Å²) in [6.45, 7) is 0. The van der Waals surface area contributed by atoms with Crippen LogP contribution in [0.1, 0.15) is 12.2 Å². The molecule has 3 rings (SSSR count). The summed E-state index contributed by atoms with van der Waals surface area (Å²) in [6, 6.07) is 9.55. The van der Waals surface area contributed by atoms with Crippen LogP contribution in [0.15, 0.2) is 40.3 Å². The first kappa shape index (κ1) is 19.5. The lowest BCUT2D eigenvalue weighted by atomic mass is 10.2. The molecular formula is C18H14Cl2N2O4S. The van der Waals surface area contributed by atoms with E-state index in [1.165, 1.54) is 6.08 Å². The van der Waals surface area contributed by atoms with Gasteiger partial charge in [0, 0.05) is 22.7 Å². The van der Waals surface area contributed by atoms with Gasteiger partial charge in [-0.1, -0.05) is 23.2 Å². The van der Waals surface area contributed by atoms with Gasteiger partial charge in [0.15, 0.2) is 9.84 Å². The standard InChI is InChI=1S/C18H14Cl2N2O4S/c19-12-1-3-15(16(20)8-12)17-4-2-14(26-17)7-11(9-21)18(23)22-13-5-6-27(24,25)10-13/h1-4,7-8,13H,5-6,10H2,(H,22,23). The van der Waals surface area contributed by atoms with Crippen molar-refractivity contribution in [3.63, 3.8) is 0 Å². The van der Waals surface area contributed by atoms with Crippen LogP contribution in [-0.2, 0) is 14.6 Å². The summed E-state index contributed by atoms with van der Waals surface area (Å²) in [4.78, 5) is 12.2. The fraction of sp³-hybridized carbons (Fsp3) is 0.222. The fourth-order valence-corrected chi connectivity index (χ4v) is 4.90. The maximum atomic E-state index is 12.2. The fourth-order valence-electron chi connectivity index (χ4n) is 2.73. The van der Waals surface area contributed by atoms with Gasteiger partial charge in [-0.3, -0.25) is 4.79 Å². The largest absolute Gasteiger partial charge is 0.457 e. The average Bonchev–Trinajstić information content (AvgIpc) is 3.18. The monoisotopic (exact) mass is 424 g/mol. The van der Waals surface area contributed by atoms with Crippen molar-refractivity contribution >= 4 is 45.0 Å². The number of nitriles is 1. The van der Waals surface area contributed by atoms with Crippen LogP contribution in [0.25, 0.3) is 17.4 Å². The second-order valence-electron chi connectivity index (χ2n) is 6.07. The van der Waals surface area contributed by atoms with E-state index in [0.29, 0.717) is 33.6 Å². The van der Waals surface area contributed by atoms with Crippen molar-refractivity contribution in [3.8, 4) is 17.4 Å². The molecule has 1 saturated heterocycles. The van der Waals surface area contributed by atoms with Gasteiger partial charge in [0.2, 0.25) is 0 Å². The molecule has 1 aromatic carbocycles. The SMILES string of the molecule is N#CC(=Cc1ccc(-c2ccc(Cl)cc2Cl)o1)C(=O)NC1CCS(=O)(=O)C1. The lowest BCUT2D eigenvalue weighted by molar-refractivity contribution is -0.117. The minimum atomic E-state index is -3.12. The molecule has 2 heterocycles. The van der Waals surface area contributed by atoms with Crippen molar-refractivity contribution in [3.05, 3.63) is 51.7 Å². The van der Waals surface area contributed by atoms with Gasteiger partial charge in [-0.25, -0.2) is 8.42 Å². The van der Waals surface area contributed by atoms with E-state index in [4.69, 9.17) is 27.6 Å². The smallest absolute Gasteiger partial charge is 0.262 e. The average molecular weight is 425 g/mol.